The Labute approximate surface area is 104 Å². The third-order valence-corrected chi connectivity index (χ3v) is 3.29. The molecule has 86 valence electrons. The fraction of sp³-hybridized carbons (Fsp3) is 0.769. The number of allylic oxidation sites excluding steroid dienone is 2. The number of hydrogen-bond donors (Lipinski definition) is 0. The molecule has 1 nitrogen and oxygen atoms in total. The standard InChI is InChI=1S/C13H21N.BrH/c1-2-5-9-12(8-4-1)13-10-6-3-7-11-14-13;/h8H,1-7,9-11H2;1H. The molecule has 0 aromatic heterocycles. The van der Waals surface area contributed by atoms with Gasteiger partial charge in [0.1, 0.15) is 0 Å². The van der Waals surface area contributed by atoms with E-state index in [1.807, 2.05) is 0 Å². The highest BCUT2D eigenvalue weighted by Crippen LogP contribution is 2.22. The molecule has 2 heteroatoms. The van der Waals surface area contributed by atoms with Crippen molar-refractivity contribution in [2.45, 2.75) is 57.8 Å². The molecule has 1 aliphatic carbocycles. The second-order valence-corrected chi connectivity index (χ2v) is 4.47. The fourth-order valence-corrected chi connectivity index (χ4v) is 2.41. The summed E-state index contributed by atoms with van der Waals surface area (Å²) < 4.78 is 0. The smallest absolute Gasteiger partial charge is 0.0392 e. The van der Waals surface area contributed by atoms with E-state index < -0.39 is 0 Å². The Kier molecular flexibility index (Phi) is 6.23. The molecular weight excluding hydrogens is 250 g/mol. The minimum atomic E-state index is 0. The zero-order valence-electron chi connectivity index (χ0n) is 9.50. The van der Waals surface area contributed by atoms with Gasteiger partial charge in [-0.05, 0) is 50.5 Å². The van der Waals surface area contributed by atoms with E-state index >= 15 is 0 Å². The Balaban J connectivity index is 0.00000112. The predicted molar refractivity (Wildman–Crippen MR) is 72.3 cm³/mol. The minimum Gasteiger partial charge on any atom is -0.289 e. The number of rotatable bonds is 1. The summed E-state index contributed by atoms with van der Waals surface area (Å²) in [6, 6.07) is 0. The molecule has 0 aromatic rings. The first kappa shape index (κ1) is 13.0. The second kappa shape index (κ2) is 7.21. The highest BCUT2D eigenvalue weighted by atomic mass is 79.9. The molecule has 0 fully saturated rings. The summed E-state index contributed by atoms with van der Waals surface area (Å²) in [5.41, 5.74) is 3.04. The Hall–Kier alpha value is -0.110. The average molecular weight is 272 g/mol. The zero-order valence-corrected chi connectivity index (χ0v) is 11.2. The van der Waals surface area contributed by atoms with Crippen LogP contribution in [0.3, 0.4) is 0 Å². The van der Waals surface area contributed by atoms with Crippen molar-refractivity contribution in [3.63, 3.8) is 0 Å². The molecule has 2 rings (SSSR count). The molecule has 0 unspecified atom stereocenters. The van der Waals surface area contributed by atoms with E-state index in [0.717, 1.165) is 6.54 Å². The van der Waals surface area contributed by atoms with Gasteiger partial charge in [0.25, 0.3) is 0 Å². The molecule has 0 radical (unpaired) electrons. The van der Waals surface area contributed by atoms with E-state index in [-0.39, 0.29) is 17.0 Å². The maximum Gasteiger partial charge on any atom is 0.0392 e. The number of aliphatic imine (C=N–C) groups is 1. The van der Waals surface area contributed by atoms with E-state index in [1.54, 1.807) is 5.57 Å². The first-order valence-corrected chi connectivity index (χ1v) is 6.19. The van der Waals surface area contributed by atoms with Crippen molar-refractivity contribution in [3.8, 4) is 0 Å². The van der Waals surface area contributed by atoms with Crippen LogP contribution in [0.25, 0.3) is 0 Å². The lowest BCUT2D eigenvalue weighted by Gasteiger charge is -2.07. The van der Waals surface area contributed by atoms with Gasteiger partial charge < -0.3 is 0 Å². The first-order valence-electron chi connectivity index (χ1n) is 6.19. The monoisotopic (exact) mass is 271 g/mol. The molecule has 1 aliphatic heterocycles. The van der Waals surface area contributed by atoms with Crippen molar-refractivity contribution >= 4 is 22.7 Å². The van der Waals surface area contributed by atoms with Crippen LogP contribution in [0, 0.1) is 0 Å². The maximum atomic E-state index is 4.74. The number of halogens is 1. The van der Waals surface area contributed by atoms with Crippen molar-refractivity contribution in [1.82, 2.24) is 0 Å². The molecule has 1 heterocycles. The summed E-state index contributed by atoms with van der Waals surface area (Å²) in [5.74, 6) is 0. The van der Waals surface area contributed by atoms with Gasteiger partial charge in [0, 0.05) is 12.3 Å². The molecular formula is C13H22BrN. The van der Waals surface area contributed by atoms with Gasteiger partial charge in [-0.25, -0.2) is 0 Å². The minimum absolute atomic E-state index is 0. The van der Waals surface area contributed by atoms with Gasteiger partial charge in [-0.1, -0.05) is 18.9 Å². The Morgan fingerprint density at radius 1 is 0.867 bits per heavy atom. The van der Waals surface area contributed by atoms with Gasteiger partial charge in [-0.2, -0.15) is 0 Å². The van der Waals surface area contributed by atoms with Crippen molar-refractivity contribution in [2.24, 2.45) is 4.99 Å². The summed E-state index contributed by atoms with van der Waals surface area (Å²) in [5, 5.41) is 0. The highest BCUT2D eigenvalue weighted by Gasteiger charge is 2.10. The summed E-state index contributed by atoms with van der Waals surface area (Å²) in [4.78, 5) is 4.74. The molecule has 0 spiro atoms. The van der Waals surface area contributed by atoms with Crippen LogP contribution in [0.15, 0.2) is 16.6 Å². The predicted octanol–water partition coefficient (Wildman–Crippen LogP) is 4.47. The normalized spacial score (nSPS) is 22.9. The molecule has 0 amide bonds. The third-order valence-electron chi connectivity index (χ3n) is 3.29. The molecule has 0 atom stereocenters. The fourth-order valence-electron chi connectivity index (χ4n) is 2.41. The van der Waals surface area contributed by atoms with E-state index in [1.165, 1.54) is 63.5 Å². The van der Waals surface area contributed by atoms with Gasteiger partial charge in [-0.3, -0.25) is 4.99 Å². The van der Waals surface area contributed by atoms with Crippen molar-refractivity contribution in [3.05, 3.63) is 11.6 Å². The quantitative estimate of drug-likeness (QED) is 0.667. The van der Waals surface area contributed by atoms with Crippen molar-refractivity contribution in [2.75, 3.05) is 6.54 Å². The number of hydrogen-bond acceptors (Lipinski definition) is 1. The summed E-state index contributed by atoms with van der Waals surface area (Å²) in [6.07, 6.45) is 14.5. The van der Waals surface area contributed by atoms with Gasteiger partial charge in [0.2, 0.25) is 0 Å². The highest BCUT2D eigenvalue weighted by molar-refractivity contribution is 8.93. The van der Waals surface area contributed by atoms with Gasteiger partial charge in [-0.15, -0.1) is 17.0 Å². The molecule has 0 aromatic carbocycles. The van der Waals surface area contributed by atoms with Crippen LogP contribution >= 0.6 is 17.0 Å². The lowest BCUT2D eigenvalue weighted by atomic mass is 10.0. The van der Waals surface area contributed by atoms with Crippen LogP contribution in [0.4, 0.5) is 0 Å². The topological polar surface area (TPSA) is 12.4 Å². The number of nitrogens with zero attached hydrogens (tertiary/aromatic N) is 1. The SMILES string of the molecule is Br.C1=C(C2=NCCCCC2)CCCCC1. The lowest BCUT2D eigenvalue weighted by Crippen LogP contribution is -2.02. The average Bonchev–Trinajstić information content (AvgIpc) is 2.62. The van der Waals surface area contributed by atoms with Crippen LogP contribution in [0.2, 0.25) is 0 Å². The van der Waals surface area contributed by atoms with Crippen LogP contribution < -0.4 is 0 Å². The third kappa shape index (κ3) is 4.10. The van der Waals surface area contributed by atoms with E-state index in [9.17, 15) is 0 Å². The van der Waals surface area contributed by atoms with Crippen molar-refractivity contribution in [1.29, 1.82) is 0 Å². The van der Waals surface area contributed by atoms with E-state index in [2.05, 4.69) is 6.08 Å². The second-order valence-electron chi connectivity index (χ2n) is 4.47. The largest absolute Gasteiger partial charge is 0.289 e. The van der Waals surface area contributed by atoms with Gasteiger partial charge in [0.05, 0.1) is 0 Å². The van der Waals surface area contributed by atoms with Crippen LogP contribution in [0.5, 0.6) is 0 Å². The Morgan fingerprint density at radius 2 is 1.67 bits per heavy atom. The van der Waals surface area contributed by atoms with Crippen LogP contribution in [0.1, 0.15) is 57.8 Å². The van der Waals surface area contributed by atoms with Crippen molar-refractivity contribution < 1.29 is 0 Å². The van der Waals surface area contributed by atoms with Gasteiger partial charge in [0.15, 0.2) is 0 Å². The zero-order chi connectivity index (χ0) is 9.64. The lowest BCUT2D eigenvalue weighted by molar-refractivity contribution is 0.713. The van der Waals surface area contributed by atoms with Gasteiger partial charge >= 0.3 is 0 Å². The Bertz CT molecular complexity index is 217. The molecule has 0 saturated heterocycles. The molecule has 0 bridgehead atoms. The summed E-state index contributed by atoms with van der Waals surface area (Å²) in [6.45, 7) is 1.08. The van der Waals surface area contributed by atoms with Crippen LogP contribution in [-0.2, 0) is 0 Å². The molecule has 0 saturated carbocycles. The Morgan fingerprint density at radius 3 is 2.60 bits per heavy atom. The first-order chi connectivity index (χ1) is 6.97. The van der Waals surface area contributed by atoms with Crippen LogP contribution in [-0.4, -0.2) is 12.3 Å². The summed E-state index contributed by atoms with van der Waals surface area (Å²) >= 11 is 0. The maximum absolute atomic E-state index is 4.74. The molecule has 15 heavy (non-hydrogen) atoms. The van der Waals surface area contributed by atoms with E-state index in [0.29, 0.717) is 0 Å². The van der Waals surface area contributed by atoms with E-state index in [4.69, 9.17) is 4.99 Å². The summed E-state index contributed by atoms with van der Waals surface area (Å²) in [7, 11) is 0. The molecule has 2 aliphatic rings. The molecule has 0 N–H and O–H groups in total.